The van der Waals surface area contributed by atoms with Gasteiger partial charge in [-0.2, -0.15) is 0 Å². The highest BCUT2D eigenvalue weighted by Crippen LogP contribution is 2.38. The van der Waals surface area contributed by atoms with E-state index in [1.165, 1.54) is 5.56 Å². The molecule has 0 aliphatic carbocycles. The number of ether oxygens (including phenoxy) is 2. The maximum absolute atomic E-state index is 5.74. The Bertz CT molecular complexity index is 974. The molecule has 0 radical (unpaired) electrons. The van der Waals surface area contributed by atoms with Crippen molar-refractivity contribution in [1.29, 1.82) is 0 Å². The number of methoxy groups -OCH3 is 2. The van der Waals surface area contributed by atoms with E-state index in [2.05, 4.69) is 57.7 Å². The molecular weight excluding hydrogens is 426 g/mol. The second kappa shape index (κ2) is 11.3. The number of aromatic nitrogens is 4. The van der Waals surface area contributed by atoms with Crippen LogP contribution in [0.5, 0.6) is 11.5 Å². The normalized spacial score (nSPS) is 15.7. The van der Waals surface area contributed by atoms with Gasteiger partial charge in [-0.25, -0.2) is 4.68 Å². The lowest BCUT2D eigenvalue weighted by Gasteiger charge is -2.36. The van der Waals surface area contributed by atoms with Crippen molar-refractivity contribution in [2.24, 2.45) is 5.92 Å². The Morgan fingerprint density at radius 3 is 2.47 bits per heavy atom. The number of hydrogen-bond acceptors (Lipinski definition) is 6. The highest BCUT2D eigenvalue weighted by Gasteiger charge is 2.32. The number of piperidine rings is 1. The third-order valence-corrected chi connectivity index (χ3v) is 6.17. The van der Waals surface area contributed by atoms with Gasteiger partial charge in [-0.05, 0) is 72.5 Å². The van der Waals surface area contributed by atoms with Crippen molar-refractivity contribution < 1.29 is 9.47 Å². The summed E-state index contributed by atoms with van der Waals surface area (Å²) in [6.07, 6.45) is 3.20. The molecule has 8 heteroatoms. The van der Waals surface area contributed by atoms with E-state index in [9.17, 15) is 0 Å². The van der Waals surface area contributed by atoms with Gasteiger partial charge in [-0.3, -0.25) is 4.90 Å². The predicted octanol–water partition coefficient (Wildman–Crippen LogP) is 4.18. The lowest BCUT2D eigenvalue weighted by molar-refractivity contribution is 0.147. The fourth-order valence-corrected chi connectivity index (χ4v) is 4.29. The molecular formula is C24H32ClN5O2. The summed E-state index contributed by atoms with van der Waals surface area (Å²) in [6, 6.07) is 16.3. The van der Waals surface area contributed by atoms with E-state index in [1.807, 2.05) is 22.9 Å². The first-order valence-corrected chi connectivity index (χ1v) is 11.0. The molecule has 0 bridgehead atoms. The average molecular weight is 458 g/mol. The van der Waals surface area contributed by atoms with Crippen LogP contribution in [0.4, 0.5) is 0 Å². The topological polar surface area (TPSA) is 65.3 Å². The van der Waals surface area contributed by atoms with Crippen LogP contribution in [0.2, 0.25) is 0 Å². The monoisotopic (exact) mass is 457 g/mol. The number of benzene rings is 2. The second-order valence-electron chi connectivity index (χ2n) is 8.22. The fraction of sp³-hybridized carbons (Fsp3) is 0.458. The summed E-state index contributed by atoms with van der Waals surface area (Å²) < 4.78 is 13.2. The SMILES string of the molecule is COc1ccc(OC)c(C(c2nnnn2CCc2ccccc2)N2CCC(C)CC2)c1.Cl. The summed E-state index contributed by atoms with van der Waals surface area (Å²) in [6.45, 7) is 5.04. The van der Waals surface area contributed by atoms with Crippen LogP contribution < -0.4 is 9.47 Å². The Morgan fingerprint density at radius 2 is 1.78 bits per heavy atom. The molecule has 3 aromatic rings. The van der Waals surface area contributed by atoms with Crippen molar-refractivity contribution in [2.45, 2.75) is 38.8 Å². The number of nitrogens with zero attached hydrogens (tertiary/aromatic N) is 5. The van der Waals surface area contributed by atoms with Crippen molar-refractivity contribution in [3.63, 3.8) is 0 Å². The van der Waals surface area contributed by atoms with Gasteiger partial charge >= 0.3 is 0 Å². The molecule has 0 N–H and O–H groups in total. The molecule has 1 aromatic heterocycles. The number of aryl methyl sites for hydroxylation is 2. The Balaban J connectivity index is 0.00000289. The van der Waals surface area contributed by atoms with Gasteiger partial charge in [0.05, 0.1) is 14.2 Å². The molecule has 1 aliphatic rings. The Kier molecular flexibility index (Phi) is 8.47. The maximum atomic E-state index is 5.74. The van der Waals surface area contributed by atoms with Crippen molar-refractivity contribution in [3.05, 3.63) is 65.5 Å². The van der Waals surface area contributed by atoms with Crippen molar-refractivity contribution >= 4 is 12.4 Å². The summed E-state index contributed by atoms with van der Waals surface area (Å²) in [7, 11) is 3.39. The van der Waals surface area contributed by atoms with Crippen LogP contribution in [0.15, 0.2) is 48.5 Å². The van der Waals surface area contributed by atoms with Crippen LogP contribution in [-0.4, -0.2) is 52.4 Å². The second-order valence-corrected chi connectivity index (χ2v) is 8.22. The van der Waals surface area contributed by atoms with E-state index in [-0.39, 0.29) is 18.4 Å². The van der Waals surface area contributed by atoms with Crippen LogP contribution >= 0.6 is 12.4 Å². The molecule has 0 spiro atoms. The molecule has 1 unspecified atom stereocenters. The summed E-state index contributed by atoms with van der Waals surface area (Å²) in [5, 5.41) is 12.9. The zero-order valence-corrected chi connectivity index (χ0v) is 19.8. The number of tetrazole rings is 1. The van der Waals surface area contributed by atoms with Crippen LogP contribution in [0, 0.1) is 5.92 Å². The van der Waals surface area contributed by atoms with Gasteiger partial charge in [0, 0.05) is 12.1 Å². The van der Waals surface area contributed by atoms with Crippen LogP contribution in [0.3, 0.4) is 0 Å². The fourth-order valence-electron chi connectivity index (χ4n) is 4.29. The van der Waals surface area contributed by atoms with Crippen LogP contribution in [0.1, 0.15) is 42.8 Å². The van der Waals surface area contributed by atoms with Crippen molar-refractivity contribution in [1.82, 2.24) is 25.1 Å². The van der Waals surface area contributed by atoms with Gasteiger partial charge in [-0.15, -0.1) is 17.5 Å². The molecule has 1 aliphatic heterocycles. The molecule has 1 fully saturated rings. The zero-order valence-electron chi connectivity index (χ0n) is 19.0. The number of halogens is 1. The predicted molar refractivity (Wildman–Crippen MR) is 127 cm³/mol. The van der Waals surface area contributed by atoms with Crippen molar-refractivity contribution in [3.8, 4) is 11.5 Å². The van der Waals surface area contributed by atoms with Gasteiger partial charge in [-0.1, -0.05) is 37.3 Å². The molecule has 172 valence electrons. The lowest BCUT2D eigenvalue weighted by atomic mass is 9.95. The van der Waals surface area contributed by atoms with Gasteiger partial charge in [0.2, 0.25) is 0 Å². The molecule has 1 atom stereocenters. The minimum Gasteiger partial charge on any atom is -0.497 e. The summed E-state index contributed by atoms with van der Waals surface area (Å²) in [5.41, 5.74) is 2.30. The van der Waals surface area contributed by atoms with Gasteiger partial charge in [0.1, 0.15) is 17.5 Å². The van der Waals surface area contributed by atoms with E-state index >= 15 is 0 Å². The standard InChI is InChI=1S/C24H31N5O2.ClH/c1-18-11-14-28(15-12-18)23(21-17-20(30-2)9-10-22(21)31-3)24-25-26-27-29(24)16-13-19-7-5-4-6-8-19;/h4-10,17-18,23H,11-16H2,1-3H3;1H. The zero-order chi connectivity index (χ0) is 21.6. The Labute approximate surface area is 196 Å². The molecule has 7 nitrogen and oxygen atoms in total. The molecule has 2 heterocycles. The molecule has 1 saturated heterocycles. The smallest absolute Gasteiger partial charge is 0.173 e. The van der Waals surface area contributed by atoms with E-state index in [0.717, 1.165) is 67.7 Å². The van der Waals surface area contributed by atoms with Gasteiger partial charge in [0.25, 0.3) is 0 Å². The van der Waals surface area contributed by atoms with Crippen LogP contribution in [0.25, 0.3) is 0 Å². The Hall–Kier alpha value is -2.64. The van der Waals surface area contributed by atoms with E-state index < -0.39 is 0 Å². The highest BCUT2D eigenvalue weighted by atomic mass is 35.5. The van der Waals surface area contributed by atoms with Crippen LogP contribution in [-0.2, 0) is 13.0 Å². The summed E-state index contributed by atoms with van der Waals surface area (Å²) in [5.74, 6) is 3.20. The minimum absolute atomic E-state index is 0. The molecule has 0 saturated carbocycles. The molecule has 4 rings (SSSR count). The minimum atomic E-state index is -0.0941. The first-order chi connectivity index (χ1) is 15.2. The maximum Gasteiger partial charge on any atom is 0.173 e. The van der Waals surface area contributed by atoms with Crippen molar-refractivity contribution in [2.75, 3.05) is 27.3 Å². The third-order valence-electron chi connectivity index (χ3n) is 6.17. The highest BCUT2D eigenvalue weighted by molar-refractivity contribution is 5.85. The molecule has 32 heavy (non-hydrogen) atoms. The third kappa shape index (κ3) is 5.40. The van der Waals surface area contributed by atoms with Gasteiger partial charge < -0.3 is 9.47 Å². The first kappa shape index (κ1) is 24.0. The van der Waals surface area contributed by atoms with Gasteiger partial charge in [0.15, 0.2) is 5.82 Å². The quantitative estimate of drug-likeness (QED) is 0.505. The number of likely N-dealkylation sites (tertiary alicyclic amines) is 1. The van der Waals surface area contributed by atoms with E-state index in [1.54, 1.807) is 14.2 Å². The largest absolute Gasteiger partial charge is 0.497 e. The number of rotatable bonds is 8. The Morgan fingerprint density at radius 1 is 1.03 bits per heavy atom. The summed E-state index contributed by atoms with van der Waals surface area (Å²) >= 11 is 0. The summed E-state index contributed by atoms with van der Waals surface area (Å²) in [4.78, 5) is 2.47. The molecule has 0 amide bonds. The average Bonchev–Trinajstić information content (AvgIpc) is 3.28. The molecule has 2 aromatic carbocycles. The number of hydrogen-bond donors (Lipinski definition) is 0. The lowest BCUT2D eigenvalue weighted by Crippen LogP contribution is -2.38. The first-order valence-electron chi connectivity index (χ1n) is 11.0. The van der Waals surface area contributed by atoms with E-state index in [0.29, 0.717) is 0 Å². The van der Waals surface area contributed by atoms with E-state index in [4.69, 9.17) is 9.47 Å².